The van der Waals surface area contributed by atoms with Crippen LogP contribution in [0.4, 0.5) is 16.5 Å². The molecule has 2 heterocycles. The zero-order chi connectivity index (χ0) is 18.0. The van der Waals surface area contributed by atoms with Crippen molar-refractivity contribution in [2.24, 2.45) is 0 Å². The number of nitrogens with zero attached hydrogens (tertiary/aromatic N) is 3. The van der Waals surface area contributed by atoms with Gasteiger partial charge in [0.25, 0.3) is 5.89 Å². The highest BCUT2D eigenvalue weighted by atomic mass is 35.5. The summed E-state index contributed by atoms with van der Waals surface area (Å²) in [6.45, 7) is 3.75. The molecule has 8 nitrogen and oxygen atoms in total. The van der Waals surface area contributed by atoms with Gasteiger partial charge in [-0.25, -0.2) is 9.78 Å². The summed E-state index contributed by atoms with van der Waals surface area (Å²) < 4.78 is 10.6. The molecule has 3 rings (SSSR count). The number of aromatic nitrogens is 3. The minimum Gasteiger partial charge on any atom is -0.495 e. The van der Waals surface area contributed by atoms with E-state index in [9.17, 15) is 4.79 Å². The molecule has 2 aromatic heterocycles. The molecule has 2 amide bonds. The maximum absolute atomic E-state index is 12.1. The lowest BCUT2D eigenvalue weighted by atomic mass is 10.3. The van der Waals surface area contributed by atoms with E-state index in [2.05, 4.69) is 25.8 Å². The van der Waals surface area contributed by atoms with Gasteiger partial charge in [0, 0.05) is 5.02 Å². The molecule has 0 aliphatic carbocycles. The maximum Gasteiger partial charge on any atom is 0.327 e. The summed E-state index contributed by atoms with van der Waals surface area (Å²) in [7, 11) is 1.50. The van der Waals surface area contributed by atoms with Crippen LogP contribution in [0.5, 0.6) is 5.75 Å². The molecule has 0 atom stereocenters. The van der Waals surface area contributed by atoms with Crippen molar-refractivity contribution in [2.75, 3.05) is 17.7 Å². The molecule has 3 aromatic rings. The predicted octanol–water partition coefficient (Wildman–Crippen LogP) is 4.12. The first kappa shape index (κ1) is 17.2. The number of carbonyl (C=O) groups is 1. The van der Waals surface area contributed by atoms with Crippen LogP contribution in [0.2, 0.25) is 5.02 Å². The van der Waals surface area contributed by atoms with Crippen LogP contribution in [0, 0.1) is 13.8 Å². The molecule has 0 saturated carbocycles. The number of hydrogen-bond acceptors (Lipinski definition) is 7. The summed E-state index contributed by atoms with van der Waals surface area (Å²) in [6, 6.07) is 4.29. The average molecular weight is 380 g/mol. The molecule has 1 aromatic carbocycles. The number of hydrogen-bond donors (Lipinski definition) is 2. The van der Waals surface area contributed by atoms with Crippen LogP contribution >= 0.6 is 22.9 Å². The fraction of sp³-hybridized carbons (Fsp3) is 0.200. The number of methoxy groups -OCH3 is 1. The highest BCUT2D eigenvalue weighted by molar-refractivity contribution is 7.15. The van der Waals surface area contributed by atoms with Gasteiger partial charge in [-0.3, -0.25) is 5.32 Å². The highest BCUT2D eigenvalue weighted by Gasteiger charge is 2.16. The second-order valence-electron chi connectivity index (χ2n) is 4.98. The fourth-order valence-corrected chi connectivity index (χ4v) is 3.14. The number of rotatable bonds is 4. The topological polar surface area (TPSA) is 102 Å². The average Bonchev–Trinajstić information content (AvgIpc) is 3.13. The smallest absolute Gasteiger partial charge is 0.327 e. The van der Waals surface area contributed by atoms with Crippen LogP contribution < -0.4 is 15.4 Å². The van der Waals surface area contributed by atoms with Gasteiger partial charge in [-0.2, -0.15) is 0 Å². The Morgan fingerprint density at radius 3 is 2.76 bits per heavy atom. The zero-order valence-corrected chi connectivity index (χ0v) is 15.2. The standard InChI is InChI=1S/C15H14ClN5O3S/c1-7-12(25-8(2)17-7)13-20-21-15(24-13)19-14(22)18-10-6-9(16)4-5-11(10)23-3/h4-6H,1-3H3,(H2,18,19,21,22). The summed E-state index contributed by atoms with van der Waals surface area (Å²) in [4.78, 5) is 17.2. The minimum absolute atomic E-state index is 0.0288. The number of anilines is 2. The molecule has 10 heteroatoms. The van der Waals surface area contributed by atoms with Crippen molar-refractivity contribution < 1.29 is 13.9 Å². The summed E-state index contributed by atoms with van der Waals surface area (Å²) in [5.41, 5.74) is 1.21. The molecular formula is C15H14ClN5O3S. The molecule has 25 heavy (non-hydrogen) atoms. The number of carbonyl (C=O) groups excluding carboxylic acids is 1. The van der Waals surface area contributed by atoms with Crippen molar-refractivity contribution >= 4 is 40.7 Å². The van der Waals surface area contributed by atoms with Crippen molar-refractivity contribution in [1.82, 2.24) is 15.2 Å². The van der Waals surface area contributed by atoms with Gasteiger partial charge in [-0.05, 0) is 32.0 Å². The lowest BCUT2D eigenvalue weighted by Gasteiger charge is -2.10. The van der Waals surface area contributed by atoms with Crippen LogP contribution in [0.1, 0.15) is 10.7 Å². The van der Waals surface area contributed by atoms with E-state index in [0.29, 0.717) is 22.4 Å². The Morgan fingerprint density at radius 1 is 1.28 bits per heavy atom. The molecule has 0 fully saturated rings. The molecule has 130 valence electrons. The van der Waals surface area contributed by atoms with Crippen molar-refractivity contribution in [3.63, 3.8) is 0 Å². The van der Waals surface area contributed by atoms with E-state index in [1.165, 1.54) is 18.4 Å². The first-order chi connectivity index (χ1) is 12.0. The van der Waals surface area contributed by atoms with Crippen LogP contribution in [-0.2, 0) is 0 Å². The molecule has 0 aliphatic heterocycles. The van der Waals surface area contributed by atoms with E-state index >= 15 is 0 Å². The summed E-state index contributed by atoms with van der Waals surface area (Å²) in [5, 5.41) is 14.2. The van der Waals surface area contributed by atoms with E-state index in [1.54, 1.807) is 18.2 Å². The Labute approximate surface area is 152 Å². The molecule has 0 aliphatic rings. The lowest BCUT2D eigenvalue weighted by Crippen LogP contribution is -2.20. The van der Waals surface area contributed by atoms with Gasteiger partial charge in [-0.15, -0.1) is 16.4 Å². The number of thiazole rings is 1. The van der Waals surface area contributed by atoms with Gasteiger partial charge < -0.3 is 14.5 Å². The number of halogens is 1. The molecular weight excluding hydrogens is 366 g/mol. The van der Waals surface area contributed by atoms with Gasteiger partial charge in [0.2, 0.25) is 0 Å². The van der Waals surface area contributed by atoms with E-state index in [4.69, 9.17) is 20.8 Å². The maximum atomic E-state index is 12.1. The van der Waals surface area contributed by atoms with Crippen molar-refractivity contribution in [3.8, 4) is 16.5 Å². The Bertz CT molecular complexity index is 924. The highest BCUT2D eigenvalue weighted by Crippen LogP contribution is 2.30. The molecule has 0 unspecified atom stereocenters. The second kappa shape index (κ2) is 7.08. The van der Waals surface area contributed by atoms with E-state index in [0.717, 1.165) is 15.6 Å². The van der Waals surface area contributed by atoms with Gasteiger partial charge in [0.1, 0.15) is 10.6 Å². The number of nitrogens with one attached hydrogen (secondary N) is 2. The zero-order valence-electron chi connectivity index (χ0n) is 13.6. The summed E-state index contributed by atoms with van der Waals surface area (Å²) >= 11 is 7.37. The largest absolute Gasteiger partial charge is 0.495 e. The number of urea groups is 1. The van der Waals surface area contributed by atoms with Crippen LogP contribution in [0.3, 0.4) is 0 Å². The van der Waals surface area contributed by atoms with Crippen molar-refractivity contribution in [3.05, 3.63) is 33.9 Å². The predicted molar refractivity (Wildman–Crippen MR) is 95.5 cm³/mol. The SMILES string of the molecule is COc1ccc(Cl)cc1NC(=O)Nc1nnc(-c2sc(C)nc2C)o1. The Kier molecular flexibility index (Phi) is 4.86. The van der Waals surface area contributed by atoms with Crippen LogP contribution in [0.15, 0.2) is 22.6 Å². The van der Waals surface area contributed by atoms with Gasteiger partial charge >= 0.3 is 12.0 Å². The summed E-state index contributed by atoms with van der Waals surface area (Å²) in [5.74, 6) is 0.778. The molecule has 2 N–H and O–H groups in total. The van der Waals surface area contributed by atoms with Crippen LogP contribution in [0.25, 0.3) is 10.8 Å². The Balaban J connectivity index is 1.72. The number of ether oxygens (including phenoxy) is 1. The fourth-order valence-electron chi connectivity index (χ4n) is 2.12. The second-order valence-corrected chi connectivity index (χ2v) is 6.62. The lowest BCUT2D eigenvalue weighted by molar-refractivity contribution is 0.261. The number of aryl methyl sites for hydroxylation is 2. The van der Waals surface area contributed by atoms with Crippen molar-refractivity contribution in [1.29, 1.82) is 0 Å². The minimum atomic E-state index is -0.562. The van der Waals surface area contributed by atoms with Gasteiger partial charge in [-0.1, -0.05) is 16.7 Å². The van der Waals surface area contributed by atoms with Gasteiger partial charge in [0.15, 0.2) is 0 Å². The Hall–Kier alpha value is -2.65. The van der Waals surface area contributed by atoms with Crippen molar-refractivity contribution in [2.45, 2.75) is 13.8 Å². The molecule has 0 saturated heterocycles. The van der Waals surface area contributed by atoms with E-state index in [-0.39, 0.29) is 6.01 Å². The number of amides is 2. The molecule has 0 radical (unpaired) electrons. The number of benzene rings is 1. The first-order valence-corrected chi connectivity index (χ1v) is 8.35. The third-order valence-corrected chi connectivity index (χ3v) is 4.45. The third kappa shape index (κ3) is 3.89. The quantitative estimate of drug-likeness (QED) is 0.707. The Morgan fingerprint density at radius 2 is 2.08 bits per heavy atom. The summed E-state index contributed by atoms with van der Waals surface area (Å²) in [6.07, 6.45) is 0. The molecule has 0 spiro atoms. The van der Waals surface area contributed by atoms with Gasteiger partial charge in [0.05, 0.1) is 23.5 Å². The van der Waals surface area contributed by atoms with E-state index < -0.39 is 6.03 Å². The molecule has 0 bridgehead atoms. The first-order valence-electron chi connectivity index (χ1n) is 7.15. The van der Waals surface area contributed by atoms with Crippen LogP contribution in [-0.4, -0.2) is 28.3 Å². The van der Waals surface area contributed by atoms with E-state index in [1.807, 2.05) is 13.8 Å². The normalized spacial score (nSPS) is 10.6. The monoisotopic (exact) mass is 379 g/mol. The third-order valence-electron chi connectivity index (χ3n) is 3.15.